The minimum Gasteiger partial charge on any atom is -0.389 e. The summed E-state index contributed by atoms with van der Waals surface area (Å²) in [6.07, 6.45) is 2.22. The van der Waals surface area contributed by atoms with Gasteiger partial charge in [-0.3, -0.25) is 0 Å². The van der Waals surface area contributed by atoms with Gasteiger partial charge in [-0.25, -0.2) is 0 Å². The molecule has 0 aliphatic heterocycles. The first-order valence-corrected chi connectivity index (χ1v) is 4.48. The monoisotopic (exact) mass is 168 g/mol. The second-order valence-electron chi connectivity index (χ2n) is 3.69. The Morgan fingerprint density at radius 1 is 1.42 bits per heavy atom. The molecular weight excluding hydrogens is 148 g/mol. The molecule has 0 heterocycles. The van der Waals surface area contributed by atoms with E-state index in [2.05, 4.69) is 13.2 Å². The van der Waals surface area contributed by atoms with E-state index in [1.54, 1.807) is 0 Å². The average molecular weight is 168 g/mol. The van der Waals surface area contributed by atoms with Gasteiger partial charge in [0.15, 0.2) is 0 Å². The van der Waals surface area contributed by atoms with Crippen LogP contribution in [0.15, 0.2) is 24.8 Å². The summed E-state index contributed by atoms with van der Waals surface area (Å²) in [6, 6.07) is 0. The molecule has 12 heavy (non-hydrogen) atoms. The van der Waals surface area contributed by atoms with Crippen LogP contribution in [0.3, 0.4) is 0 Å². The Kier molecular flexibility index (Phi) is 4.91. The van der Waals surface area contributed by atoms with Gasteiger partial charge in [-0.1, -0.05) is 33.4 Å². The second kappa shape index (κ2) is 5.15. The van der Waals surface area contributed by atoms with Crippen molar-refractivity contribution in [3.8, 4) is 0 Å². The smallest absolute Gasteiger partial charge is 0.0755 e. The SMILES string of the molecule is C=CC(C)CC(O)C(=C)C(C)C. The highest BCUT2D eigenvalue weighted by Crippen LogP contribution is 2.18. The molecule has 2 atom stereocenters. The van der Waals surface area contributed by atoms with E-state index in [-0.39, 0.29) is 6.10 Å². The summed E-state index contributed by atoms with van der Waals surface area (Å²) >= 11 is 0. The summed E-state index contributed by atoms with van der Waals surface area (Å²) in [4.78, 5) is 0. The maximum Gasteiger partial charge on any atom is 0.0755 e. The third-order valence-corrected chi connectivity index (χ3v) is 2.17. The van der Waals surface area contributed by atoms with Crippen LogP contribution in [0.1, 0.15) is 27.2 Å². The number of hydrogen-bond acceptors (Lipinski definition) is 1. The molecule has 0 fully saturated rings. The van der Waals surface area contributed by atoms with E-state index >= 15 is 0 Å². The van der Waals surface area contributed by atoms with Crippen LogP contribution in [0.4, 0.5) is 0 Å². The Hall–Kier alpha value is -0.560. The fourth-order valence-electron chi connectivity index (χ4n) is 0.985. The number of hydrogen-bond donors (Lipinski definition) is 1. The molecule has 0 bridgehead atoms. The zero-order valence-electron chi connectivity index (χ0n) is 8.38. The Labute approximate surface area is 75.8 Å². The Morgan fingerprint density at radius 2 is 1.92 bits per heavy atom. The largest absolute Gasteiger partial charge is 0.389 e. The van der Waals surface area contributed by atoms with Crippen molar-refractivity contribution < 1.29 is 5.11 Å². The number of aliphatic hydroxyl groups is 1. The van der Waals surface area contributed by atoms with Crippen molar-refractivity contribution in [3.05, 3.63) is 24.8 Å². The van der Waals surface area contributed by atoms with E-state index in [1.165, 1.54) is 0 Å². The number of rotatable bonds is 5. The fraction of sp³-hybridized carbons (Fsp3) is 0.636. The van der Waals surface area contributed by atoms with Gasteiger partial charge in [0.05, 0.1) is 6.10 Å². The van der Waals surface area contributed by atoms with Gasteiger partial charge >= 0.3 is 0 Å². The van der Waals surface area contributed by atoms with Crippen molar-refractivity contribution in [1.29, 1.82) is 0 Å². The molecule has 0 radical (unpaired) electrons. The van der Waals surface area contributed by atoms with E-state index in [1.807, 2.05) is 26.8 Å². The quantitative estimate of drug-likeness (QED) is 0.626. The lowest BCUT2D eigenvalue weighted by molar-refractivity contribution is 0.178. The summed E-state index contributed by atoms with van der Waals surface area (Å²) in [5, 5.41) is 9.64. The van der Waals surface area contributed by atoms with E-state index in [0.29, 0.717) is 11.8 Å². The molecule has 0 amide bonds. The van der Waals surface area contributed by atoms with Crippen molar-refractivity contribution in [2.75, 3.05) is 0 Å². The first-order valence-electron chi connectivity index (χ1n) is 4.48. The predicted molar refractivity (Wildman–Crippen MR) is 54.0 cm³/mol. The minimum atomic E-state index is -0.377. The highest BCUT2D eigenvalue weighted by Gasteiger charge is 2.13. The molecule has 0 saturated carbocycles. The van der Waals surface area contributed by atoms with Gasteiger partial charge in [-0.05, 0) is 23.8 Å². The topological polar surface area (TPSA) is 20.2 Å². The van der Waals surface area contributed by atoms with Crippen LogP contribution < -0.4 is 0 Å². The summed E-state index contributed by atoms with van der Waals surface area (Å²) in [5.41, 5.74) is 0.920. The zero-order chi connectivity index (χ0) is 9.72. The molecule has 0 saturated heterocycles. The van der Waals surface area contributed by atoms with Gasteiger partial charge in [-0.2, -0.15) is 0 Å². The Morgan fingerprint density at radius 3 is 2.25 bits per heavy atom. The lowest BCUT2D eigenvalue weighted by Crippen LogP contribution is -2.16. The highest BCUT2D eigenvalue weighted by molar-refractivity contribution is 5.05. The van der Waals surface area contributed by atoms with E-state index < -0.39 is 0 Å². The fourth-order valence-corrected chi connectivity index (χ4v) is 0.985. The van der Waals surface area contributed by atoms with Crippen LogP contribution in [-0.2, 0) is 0 Å². The molecular formula is C11H20O. The predicted octanol–water partition coefficient (Wildman–Crippen LogP) is 2.77. The van der Waals surface area contributed by atoms with Gasteiger partial charge in [0.25, 0.3) is 0 Å². The molecule has 0 aromatic carbocycles. The third-order valence-electron chi connectivity index (χ3n) is 2.17. The van der Waals surface area contributed by atoms with Crippen molar-refractivity contribution in [2.45, 2.75) is 33.3 Å². The van der Waals surface area contributed by atoms with E-state index in [0.717, 1.165) is 12.0 Å². The van der Waals surface area contributed by atoms with Crippen LogP contribution in [0.25, 0.3) is 0 Å². The lowest BCUT2D eigenvalue weighted by atomic mass is 9.93. The summed E-state index contributed by atoms with van der Waals surface area (Å²) in [7, 11) is 0. The number of aliphatic hydroxyl groups excluding tert-OH is 1. The Balaban J connectivity index is 3.94. The maximum atomic E-state index is 9.64. The second-order valence-corrected chi connectivity index (χ2v) is 3.69. The Bertz CT molecular complexity index is 158. The van der Waals surface area contributed by atoms with Crippen molar-refractivity contribution >= 4 is 0 Å². The molecule has 0 rings (SSSR count). The highest BCUT2D eigenvalue weighted by atomic mass is 16.3. The van der Waals surface area contributed by atoms with Crippen LogP contribution >= 0.6 is 0 Å². The molecule has 1 heteroatoms. The van der Waals surface area contributed by atoms with Gasteiger partial charge in [0.2, 0.25) is 0 Å². The van der Waals surface area contributed by atoms with Gasteiger partial charge < -0.3 is 5.11 Å². The molecule has 0 aromatic rings. The summed E-state index contributed by atoms with van der Waals surface area (Å²) < 4.78 is 0. The first-order chi connectivity index (χ1) is 5.49. The van der Waals surface area contributed by atoms with Crippen LogP contribution in [-0.4, -0.2) is 11.2 Å². The average Bonchev–Trinajstić information content (AvgIpc) is 2.02. The van der Waals surface area contributed by atoms with E-state index in [4.69, 9.17) is 0 Å². The van der Waals surface area contributed by atoms with Crippen molar-refractivity contribution in [3.63, 3.8) is 0 Å². The van der Waals surface area contributed by atoms with E-state index in [9.17, 15) is 5.11 Å². The first kappa shape index (κ1) is 11.4. The molecule has 1 nitrogen and oxygen atoms in total. The molecule has 0 aliphatic rings. The summed E-state index contributed by atoms with van der Waals surface area (Å²) in [5.74, 6) is 0.715. The van der Waals surface area contributed by atoms with Crippen LogP contribution in [0.5, 0.6) is 0 Å². The van der Waals surface area contributed by atoms with Crippen molar-refractivity contribution in [1.82, 2.24) is 0 Å². The van der Waals surface area contributed by atoms with Gasteiger partial charge in [0.1, 0.15) is 0 Å². The molecule has 0 aromatic heterocycles. The minimum absolute atomic E-state index is 0.357. The maximum absolute atomic E-state index is 9.64. The normalized spacial score (nSPS) is 15.8. The summed E-state index contributed by atoms with van der Waals surface area (Å²) in [6.45, 7) is 13.7. The van der Waals surface area contributed by atoms with Crippen LogP contribution in [0, 0.1) is 11.8 Å². The van der Waals surface area contributed by atoms with Crippen molar-refractivity contribution in [2.24, 2.45) is 11.8 Å². The van der Waals surface area contributed by atoms with Gasteiger partial charge in [-0.15, -0.1) is 6.58 Å². The molecule has 70 valence electrons. The van der Waals surface area contributed by atoms with Crippen LogP contribution in [0.2, 0.25) is 0 Å². The standard InChI is InChI=1S/C11H20O/c1-6-9(4)7-11(12)10(5)8(2)3/h6,8-9,11-12H,1,5,7H2,2-4H3. The molecule has 0 aliphatic carbocycles. The third kappa shape index (κ3) is 3.72. The molecule has 2 unspecified atom stereocenters. The lowest BCUT2D eigenvalue weighted by Gasteiger charge is -2.18. The molecule has 1 N–H and O–H groups in total. The van der Waals surface area contributed by atoms with Gasteiger partial charge in [0, 0.05) is 0 Å². The zero-order valence-corrected chi connectivity index (χ0v) is 8.38. The number of allylic oxidation sites excluding steroid dienone is 1. The molecule has 0 spiro atoms.